The second-order valence-corrected chi connectivity index (χ2v) is 1.40. The summed E-state index contributed by atoms with van der Waals surface area (Å²) in [5, 5.41) is 0. The van der Waals surface area contributed by atoms with Gasteiger partial charge in [0, 0.05) is 0 Å². The van der Waals surface area contributed by atoms with Crippen LogP contribution in [0.25, 0.3) is 0 Å². The molecule has 1 rings (SSSR count). The molecule has 0 fully saturated rings. The molecule has 0 aromatic rings. The van der Waals surface area contributed by atoms with Crippen LogP contribution < -0.4 is 0 Å². The van der Waals surface area contributed by atoms with Crippen molar-refractivity contribution in [3.8, 4) is 12.8 Å². The predicted molar refractivity (Wildman–Crippen MR) is 32.9 cm³/mol. The summed E-state index contributed by atoms with van der Waals surface area (Å²) < 4.78 is 0. The summed E-state index contributed by atoms with van der Waals surface area (Å²) in [6, 6.07) is 0. The van der Waals surface area contributed by atoms with Gasteiger partial charge < -0.3 is 0 Å². The Bertz CT molecular complexity index is 61.4. The Kier molecular flexibility index (Phi) is 4.77. The van der Waals surface area contributed by atoms with E-state index in [1.165, 1.54) is 19.3 Å². The Morgan fingerprint density at radius 3 is 1.57 bits per heavy atom. The minimum Gasteiger partial charge on any atom is -0.124 e. The van der Waals surface area contributed by atoms with Crippen LogP contribution in [0.4, 0.5) is 0 Å². The van der Waals surface area contributed by atoms with E-state index in [9.17, 15) is 0 Å². The molecule has 0 unspecified atom stereocenters. The maximum Gasteiger partial charge on any atom is -0.0348 e. The van der Waals surface area contributed by atoms with Gasteiger partial charge in [-0.3, -0.25) is 0 Å². The van der Waals surface area contributed by atoms with Crippen LogP contribution in [0.1, 0.15) is 19.3 Å². The first kappa shape index (κ1) is 6.30. The maximum absolute atomic E-state index is 4.00. The summed E-state index contributed by atoms with van der Waals surface area (Å²) >= 11 is 0. The smallest absolute Gasteiger partial charge is 0.0348 e. The Morgan fingerprint density at radius 2 is 1.43 bits per heavy atom. The molecule has 0 amide bonds. The molecule has 7 heavy (non-hydrogen) atoms. The fourth-order valence-electron chi connectivity index (χ4n) is 0.589. The zero-order chi connectivity index (χ0) is 5.54. The zero-order valence-electron chi connectivity index (χ0n) is 4.43. The molecule has 38 valence electrons. The molecule has 0 heterocycles. The van der Waals surface area contributed by atoms with E-state index in [1.54, 1.807) is 0 Å². The van der Waals surface area contributed by atoms with Gasteiger partial charge in [0.2, 0.25) is 0 Å². The molecule has 0 aliphatic heterocycles. The van der Waals surface area contributed by atoms with Crippen molar-refractivity contribution in [2.24, 2.45) is 0 Å². The highest BCUT2D eigenvalue weighted by atomic mass is 13.9. The van der Waals surface area contributed by atoms with Crippen molar-refractivity contribution in [1.82, 2.24) is 0 Å². The standard InChI is InChI=1S/C5H8.C2H2/c1-2-4-5-3-1;1-2/h1-2H,3-5H2;1-2H. The second kappa shape index (κ2) is 5.30. The van der Waals surface area contributed by atoms with Gasteiger partial charge in [-0.25, -0.2) is 0 Å². The van der Waals surface area contributed by atoms with Crippen LogP contribution in [0, 0.1) is 12.8 Å². The van der Waals surface area contributed by atoms with E-state index in [2.05, 4.69) is 25.0 Å². The maximum atomic E-state index is 4.00. The van der Waals surface area contributed by atoms with Crippen molar-refractivity contribution >= 4 is 0 Å². The first-order valence-corrected chi connectivity index (χ1v) is 2.48. The summed E-state index contributed by atoms with van der Waals surface area (Å²) in [6.07, 6.45) is 16.5. The summed E-state index contributed by atoms with van der Waals surface area (Å²) in [5.41, 5.74) is 0. The van der Waals surface area contributed by atoms with Gasteiger partial charge in [0.1, 0.15) is 0 Å². The minimum atomic E-state index is 1.32. The molecule has 0 aromatic carbocycles. The van der Waals surface area contributed by atoms with Crippen LogP contribution in [-0.4, -0.2) is 0 Å². The van der Waals surface area contributed by atoms with E-state index in [1.807, 2.05) is 0 Å². The molecular formula is C7H10. The lowest BCUT2D eigenvalue weighted by Crippen LogP contribution is -1.50. The van der Waals surface area contributed by atoms with Gasteiger partial charge in [-0.15, -0.1) is 12.8 Å². The van der Waals surface area contributed by atoms with Crippen molar-refractivity contribution in [2.75, 3.05) is 0 Å². The van der Waals surface area contributed by atoms with E-state index >= 15 is 0 Å². The van der Waals surface area contributed by atoms with Gasteiger partial charge in [-0.1, -0.05) is 12.2 Å². The lowest BCUT2D eigenvalue weighted by atomic mass is 10.4. The van der Waals surface area contributed by atoms with Gasteiger partial charge in [0.25, 0.3) is 0 Å². The molecule has 1 aliphatic carbocycles. The summed E-state index contributed by atoms with van der Waals surface area (Å²) in [7, 11) is 0. The van der Waals surface area contributed by atoms with E-state index < -0.39 is 0 Å². The molecule has 0 radical (unpaired) electrons. The molecule has 0 saturated carbocycles. The van der Waals surface area contributed by atoms with Gasteiger partial charge >= 0.3 is 0 Å². The average Bonchev–Trinajstić information content (AvgIpc) is 2.23. The largest absolute Gasteiger partial charge is 0.124 e. The summed E-state index contributed by atoms with van der Waals surface area (Å²) in [6.45, 7) is 0. The summed E-state index contributed by atoms with van der Waals surface area (Å²) in [4.78, 5) is 0. The third-order valence-electron chi connectivity index (χ3n) is 0.908. The Balaban J connectivity index is 0.000000162. The van der Waals surface area contributed by atoms with Crippen LogP contribution in [0.3, 0.4) is 0 Å². The third-order valence-corrected chi connectivity index (χ3v) is 0.908. The monoisotopic (exact) mass is 94.1 g/mol. The van der Waals surface area contributed by atoms with Gasteiger partial charge in [0.15, 0.2) is 0 Å². The Hall–Kier alpha value is -0.700. The van der Waals surface area contributed by atoms with Crippen molar-refractivity contribution in [1.29, 1.82) is 0 Å². The Labute approximate surface area is 45.2 Å². The first-order chi connectivity index (χ1) is 3.50. The minimum absolute atomic E-state index is 1.32. The lowest BCUT2D eigenvalue weighted by Gasteiger charge is -1.69. The molecule has 0 bridgehead atoms. The van der Waals surface area contributed by atoms with Gasteiger partial charge in [-0.05, 0) is 19.3 Å². The molecule has 0 nitrogen and oxygen atoms in total. The first-order valence-electron chi connectivity index (χ1n) is 2.48. The van der Waals surface area contributed by atoms with Gasteiger partial charge in [0.05, 0.1) is 0 Å². The third kappa shape index (κ3) is 3.12. The summed E-state index contributed by atoms with van der Waals surface area (Å²) in [5.74, 6) is 0. The van der Waals surface area contributed by atoms with Crippen LogP contribution >= 0.6 is 0 Å². The number of terminal acetylenes is 1. The zero-order valence-corrected chi connectivity index (χ0v) is 4.43. The van der Waals surface area contributed by atoms with Crippen molar-refractivity contribution < 1.29 is 0 Å². The fourth-order valence-corrected chi connectivity index (χ4v) is 0.589. The van der Waals surface area contributed by atoms with Gasteiger partial charge in [-0.2, -0.15) is 0 Å². The van der Waals surface area contributed by atoms with E-state index in [0.29, 0.717) is 0 Å². The molecule has 0 N–H and O–H groups in total. The highest BCUT2D eigenvalue weighted by Crippen LogP contribution is 2.05. The van der Waals surface area contributed by atoms with Crippen LogP contribution in [0.15, 0.2) is 12.2 Å². The molecule has 1 aliphatic rings. The topological polar surface area (TPSA) is 0 Å². The van der Waals surface area contributed by atoms with Crippen molar-refractivity contribution in [2.45, 2.75) is 19.3 Å². The lowest BCUT2D eigenvalue weighted by molar-refractivity contribution is 0.929. The Morgan fingerprint density at radius 1 is 1.00 bits per heavy atom. The van der Waals surface area contributed by atoms with Crippen molar-refractivity contribution in [3.63, 3.8) is 0 Å². The quantitative estimate of drug-likeness (QED) is 0.318. The molecule has 0 aromatic heterocycles. The number of hydrogen-bond donors (Lipinski definition) is 0. The molecule has 0 spiro atoms. The van der Waals surface area contributed by atoms with Crippen LogP contribution in [0.5, 0.6) is 0 Å². The van der Waals surface area contributed by atoms with E-state index in [0.717, 1.165) is 0 Å². The fraction of sp³-hybridized carbons (Fsp3) is 0.429. The van der Waals surface area contributed by atoms with Crippen LogP contribution in [-0.2, 0) is 0 Å². The highest BCUT2D eigenvalue weighted by Gasteiger charge is 1.84. The molecule has 0 atom stereocenters. The predicted octanol–water partition coefficient (Wildman–Crippen LogP) is 1.98. The normalized spacial score (nSPS) is 15.1. The molecule has 0 heteroatoms. The molecular weight excluding hydrogens is 84.1 g/mol. The number of rotatable bonds is 0. The second-order valence-electron chi connectivity index (χ2n) is 1.40. The average molecular weight is 94.2 g/mol. The SMILES string of the molecule is C#C.C1=CCCC1. The molecule has 0 saturated heterocycles. The van der Waals surface area contributed by atoms with E-state index in [-0.39, 0.29) is 0 Å². The van der Waals surface area contributed by atoms with Crippen LogP contribution in [0.2, 0.25) is 0 Å². The highest BCUT2D eigenvalue weighted by molar-refractivity contribution is 4.88. The van der Waals surface area contributed by atoms with Crippen molar-refractivity contribution in [3.05, 3.63) is 12.2 Å². The number of allylic oxidation sites excluding steroid dienone is 2. The number of hydrogen-bond acceptors (Lipinski definition) is 0. The van der Waals surface area contributed by atoms with E-state index in [4.69, 9.17) is 0 Å².